The zero-order valence-electron chi connectivity index (χ0n) is 14.0. The quantitative estimate of drug-likeness (QED) is 0.544. The third-order valence-corrected chi connectivity index (χ3v) is 5.97. The third kappa shape index (κ3) is 4.12. The van der Waals surface area contributed by atoms with Crippen LogP contribution in [0.5, 0.6) is 11.5 Å². The summed E-state index contributed by atoms with van der Waals surface area (Å²) in [4.78, 5) is 4.23. The zero-order chi connectivity index (χ0) is 18.6. The van der Waals surface area contributed by atoms with Gasteiger partial charge in [-0.25, -0.2) is 13.4 Å². The monoisotopic (exact) mass is 376 g/mol. The number of phenolic OH excluding ortho intramolecular Hbond substituents is 2. The van der Waals surface area contributed by atoms with Crippen LogP contribution in [0.1, 0.15) is 24.8 Å². The van der Waals surface area contributed by atoms with Gasteiger partial charge in [0, 0.05) is 30.9 Å². The molecule has 1 aromatic carbocycles. The van der Waals surface area contributed by atoms with E-state index in [9.17, 15) is 18.6 Å². The molecule has 8 nitrogen and oxygen atoms in total. The molecule has 1 aliphatic rings. The average molecular weight is 376 g/mol. The van der Waals surface area contributed by atoms with Crippen molar-refractivity contribution in [2.24, 2.45) is 5.10 Å². The Morgan fingerprint density at radius 1 is 1.12 bits per heavy atom. The molecule has 1 aliphatic heterocycles. The molecule has 0 aliphatic carbocycles. The van der Waals surface area contributed by atoms with Gasteiger partial charge in [0.1, 0.15) is 22.2 Å². The van der Waals surface area contributed by atoms with Crippen molar-refractivity contribution in [2.75, 3.05) is 18.5 Å². The molecule has 0 bridgehead atoms. The molecular formula is C17H20N4O4S. The largest absolute Gasteiger partial charge is 0.508 e. The van der Waals surface area contributed by atoms with Gasteiger partial charge >= 0.3 is 0 Å². The second kappa shape index (κ2) is 7.71. The van der Waals surface area contributed by atoms with Crippen LogP contribution >= 0.6 is 0 Å². The van der Waals surface area contributed by atoms with E-state index in [2.05, 4.69) is 15.5 Å². The summed E-state index contributed by atoms with van der Waals surface area (Å²) in [6.07, 6.45) is 5.49. The van der Waals surface area contributed by atoms with Crippen LogP contribution in [0.15, 0.2) is 46.5 Å². The van der Waals surface area contributed by atoms with Crippen molar-refractivity contribution < 1.29 is 18.6 Å². The number of hydrazone groups is 1. The van der Waals surface area contributed by atoms with Crippen molar-refractivity contribution in [1.82, 2.24) is 9.29 Å². The van der Waals surface area contributed by atoms with Gasteiger partial charge in [0.05, 0.1) is 6.21 Å². The van der Waals surface area contributed by atoms with Crippen LogP contribution in [0.25, 0.3) is 0 Å². The maximum absolute atomic E-state index is 12.6. The molecule has 0 unspecified atom stereocenters. The first-order chi connectivity index (χ1) is 12.5. The van der Waals surface area contributed by atoms with E-state index >= 15 is 0 Å². The maximum atomic E-state index is 12.6. The predicted octanol–water partition coefficient (Wildman–Crippen LogP) is 2.11. The number of benzene rings is 1. The highest BCUT2D eigenvalue weighted by atomic mass is 32.2. The molecular weight excluding hydrogens is 356 g/mol. The van der Waals surface area contributed by atoms with Gasteiger partial charge in [-0.2, -0.15) is 9.41 Å². The lowest BCUT2D eigenvalue weighted by Gasteiger charge is -2.25. The Kier molecular flexibility index (Phi) is 5.38. The molecule has 3 N–H and O–H groups in total. The molecule has 0 atom stereocenters. The highest BCUT2D eigenvalue weighted by Crippen LogP contribution is 2.22. The molecule has 2 heterocycles. The van der Waals surface area contributed by atoms with Crippen LogP contribution in [0.4, 0.5) is 5.82 Å². The fraction of sp³-hybridized carbons (Fsp3) is 0.294. The second-order valence-corrected chi connectivity index (χ2v) is 7.89. The molecule has 0 saturated carbocycles. The molecule has 138 valence electrons. The SMILES string of the molecule is O=S(=O)(c1ccc(N/N=C/c2ccc(O)cc2O)nc1)N1CCCCC1. The van der Waals surface area contributed by atoms with Gasteiger partial charge in [0.2, 0.25) is 10.0 Å². The Morgan fingerprint density at radius 3 is 2.54 bits per heavy atom. The van der Waals surface area contributed by atoms with Crippen LogP contribution in [0.2, 0.25) is 0 Å². The molecule has 26 heavy (non-hydrogen) atoms. The molecule has 0 radical (unpaired) electrons. The van der Waals surface area contributed by atoms with E-state index < -0.39 is 10.0 Å². The topological polar surface area (TPSA) is 115 Å². The lowest BCUT2D eigenvalue weighted by atomic mass is 10.2. The summed E-state index contributed by atoms with van der Waals surface area (Å²) in [5.74, 6) is 0.225. The highest BCUT2D eigenvalue weighted by molar-refractivity contribution is 7.89. The molecule has 0 spiro atoms. The van der Waals surface area contributed by atoms with E-state index in [1.54, 1.807) is 0 Å². The summed E-state index contributed by atoms with van der Waals surface area (Å²) in [6.45, 7) is 1.09. The molecule has 0 amide bonds. The van der Waals surface area contributed by atoms with E-state index in [0.717, 1.165) is 19.3 Å². The van der Waals surface area contributed by atoms with Crippen molar-refractivity contribution in [3.05, 3.63) is 42.1 Å². The summed E-state index contributed by atoms with van der Waals surface area (Å²) in [6, 6.07) is 7.18. The number of anilines is 1. The number of piperidine rings is 1. The number of hydrogen-bond donors (Lipinski definition) is 3. The summed E-state index contributed by atoms with van der Waals surface area (Å²) in [5, 5.41) is 22.9. The van der Waals surface area contributed by atoms with Crippen LogP contribution < -0.4 is 5.43 Å². The van der Waals surface area contributed by atoms with Gasteiger partial charge in [-0.1, -0.05) is 6.42 Å². The Morgan fingerprint density at radius 2 is 1.88 bits per heavy atom. The minimum Gasteiger partial charge on any atom is -0.508 e. The summed E-state index contributed by atoms with van der Waals surface area (Å²) in [5.41, 5.74) is 3.09. The molecule has 9 heteroatoms. The van der Waals surface area contributed by atoms with E-state index in [-0.39, 0.29) is 16.4 Å². The van der Waals surface area contributed by atoms with Crippen molar-refractivity contribution in [2.45, 2.75) is 24.2 Å². The number of hydrogen-bond acceptors (Lipinski definition) is 7. The number of nitrogens with one attached hydrogen (secondary N) is 1. The number of aromatic nitrogens is 1. The minimum atomic E-state index is -3.50. The molecule has 1 saturated heterocycles. The van der Waals surface area contributed by atoms with Crippen molar-refractivity contribution >= 4 is 22.1 Å². The first kappa shape index (κ1) is 18.2. The first-order valence-corrected chi connectivity index (χ1v) is 9.68. The van der Waals surface area contributed by atoms with E-state index in [1.165, 1.54) is 47.0 Å². The lowest BCUT2D eigenvalue weighted by Crippen LogP contribution is -2.35. The number of phenols is 2. The Hall–Kier alpha value is -2.65. The van der Waals surface area contributed by atoms with Crippen molar-refractivity contribution in [1.29, 1.82) is 0 Å². The minimum absolute atomic E-state index is 0.0419. The van der Waals surface area contributed by atoms with Crippen molar-refractivity contribution in [3.8, 4) is 11.5 Å². The summed E-state index contributed by atoms with van der Waals surface area (Å²) < 4.78 is 26.6. The smallest absolute Gasteiger partial charge is 0.244 e. The summed E-state index contributed by atoms with van der Waals surface area (Å²) >= 11 is 0. The zero-order valence-corrected chi connectivity index (χ0v) is 14.9. The number of aromatic hydroxyl groups is 2. The van der Waals surface area contributed by atoms with Gasteiger partial charge in [0.15, 0.2) is 0 Å². The Labute approximate surface area is 151 Å². The van der Waals surface area contributed by atoms with Gasteiger partial charge < -0.3 is 10.2 Å². The molecule has 1 aromatic heterocycles. The van der Waals surface area contributed by atoms with Gasteiger partial charge in [-0.15, -0.1) is 0 Å². The maximum Gasteiger partial charge on any atom is 0.244 e. The standard InChI is InChI=1S/C17H20N4O4S/c22-14-5-4-13(16(23)10-14)11-19-20-17-7-6-15(12-18-17)26(24,25)21-8-2-1-3-9-21/h4-7,10-12,22-23H,1-3,8-9H2,(H,18,20)/b19-11+. The van der Waals surface area contributed by atoms with E-state index in [1.807, 2.05) is 0 Å². The number of pyridine rings is 1. The number of nitrogens with zero attached hydrogens (tertiary/aromatic N) is 3. The molecule has 3 rings (SSSR count). The number of rotatable bonds is 5. The number of sulfonamides is 1. The third-order valence-electron chi connectivity index (χ3n) is 4.09. The fourth-order valence-corrected chi connectivity index (χ4v) is 4.13. The Bertz CT molecular complexity index is 891. The van der Waals surface area contributed by atoms with Crippen LogP contribution in [-0.2, 0) is 10.0 Å². The first-order valence-electron chi connectivity index (χ1n) is 8.24. The van der Waals surface area contributed by atoms with E-state index in [0.29, 0.717) is 24.5 Å². The van der Waals surface area contributed by atoms with Crippen LogP contribution in [0.3, 0.4) is 0 Å². The van der Waals surface area contributed by atoms with Gasteiger partial charge in [-0.05, 0) is 37.1 Å². The Balaban J connectivity index is 1.66. The second-order valence-electron chi connectivity index (χ2n) is 5.96. The highest BCUT2D eigenvalue weighted by Gasteiger charge is 2.26. The fourth-order valence-electron chi connectivity index (χ4n) is 2.66. The normalized spacial score (nSPS) is 16.0. The lowest BCUT2D eigenvalue weighted by molar-refractivity contribution is 0.346. The molecule has 2 aromatic rings. The molecule has 1 fully saturated rings. The van der Waals surface area contributed by atoms with Crippen LogP contribution in [0, 0.1) is 0 Å². The van der Waals surface area contributed by atoms with Gasteiger partial charge in [-0.3, -0.25) is 5.43 Å². The summed E-state index contributed by atoms with van der Waals surface area (Å²) in [7, 11) is -3.50. The van der Waals surface area contributed by atoms with Gasteiger partial charge in [0.25, 0.3) is 0 Å². The van der Waals surface area contributed by atoms with Crippen molar-refractivity contribution in [3.63, 3.8) is 0 Å². The predicted molar refractivity (Wildman–Crippen MR) is 97.8 cm³/mol. The van der Waals surface area contributed by atoms with Crippen LogP contribution in [-0.4, -0.2) is 47.2 Å². The van der Waals surface area contributed by atoms with E-state index in [4.69, 9.17) is 0 Å². The average Bonchev–Trinajstić information content (AvgIpc) is 2.65.